The number of benzene rings is 3. The summed E-state index contributed by atoms with van der Waals surface area (Å²) in [6.45, 7) is 9.21. The molecule has 1 aliphatic heterocycles. The van der Waals surface area contributed by atoms with Crippen molar-refractivity contribution in [1.29, 1.82) is 0 Å². The Hall–Kier alpha value is -3.00. The van der Waals surface area contributed by atoms with Gasteiger partial charge in [0.15, 0.2) is 0 Å². The van der Waals surface area contributed by atoms with Crippen molar-refractivity contribution in [2.24, 2.45) is 0 Å². The molecule has 184 valence electrons. The lowest BCUT2D eigenvalue weighted by atomic mass is 10.0. The van der Waals surface area contributed by atoms with Crippen molar-refractivity contribution < 1.29 is 13.2 Å². The number of nitrogens with one attached hydrogen (secondary N) is 1. The van der Waals surface area contributed by atoms with Crippen LogP contribution in [0.15, 0.2) is 77.7 Å². The number of anilines is 1. The summed E-state index contributed by atoms with van der Waals surface area (Å²) in [5.74, 6) is 0.316. The summed E-state index contributed by atoms with van der Waals surface area (Å²) >= 11 is 0. The maximum Gasteiger partial charge on any atom is 0.255 e. The van der Waals surface area contributed by atoms with Gasteiger partial charge in [-0.25, -0.2) is 8.42 Å². The van der Waals surface area contributed by atoms with E-state index in [-0.39, 0.29) is 5.91 Å². The number of hydrogen-bond acceptors (Lipinski definition) is 4. The minimum Gasteiger partial charge on any atom is -0.322 e. The molecule has 1 saturated heterocycles. The maximum atomic E-state index is 12.9. The van der Waals surface area contributed by atoms with Crippen LogP contribution in [-0.4, -0.2) is 49.7 Å². The van der Waals surface area contributed by atoms with Gasteiger partial charge in [-0.1, -0.05) is 55.8 Å². The lowest BCUT2D eigenvalue weighted by Gasteiger charge is -2.34. The monoisotopic (exact) mass is 491 g/mol. The van der Waals surface area contributed by atoms with Crippen LogP contribution in [0.3, 0.4) is 0 Å². The second-order valence-corrected chi connectivity index (χ2v) is 11.4. The zero-order chi connectivity index (χ0) is 25.0. The predicted molar refractivity (Wildman–Crippen MR) is 140 cm³/mol. The van der Waals surface area contributed by atoms with Crippen molar-refractivity contribution in [2.75, 3.05) is 31.5 Å². The van der Waals surface area contributed by atoms with Gasteiger partial charge in [0.25, 0.3) is 5.91 Å². The van der Waals surface area contributed by atoms with Crippen LogP contribution in [0.4, 0.5) is 5.69 Å². The number of hydrogen-bond donors (Lipinski definition) is 1. The Morgan fingerprint density at radius 3 is 2.03 bits per heavy atom. The highest BCUT2D eigenvalue weighted by Gasteiger charge is 2.28. The van der Waals surface area contributed by atoms with Crippen molar-refractivity contribution in [3.8, 4) is 0 Å². The van der Waals surface area contributed by atoms with E-state index in [0.29, 0.717) is 42.6 Å². The molecule has 7 heteroatoms. The second-order valence-electron chi connectivity index (χ2n) is 9.42. The molecule has 6 nitrogen and oxygen atoms in total. The fraction of sp³-hybridized carbons (Fsp3) is 0.321. The molecule has 0 saturated carbocycles. The molecule has 0 bridgehead atoms. The molecule has 1 amide bonds. The van der Waals surface area contributed by atoms with Gasteiger partial charge >= 0.3 is 0 Å². The highest BCUT2D eigenvalue weighted by molar-refractivity contribution is 7.89. The van der Waals surface area contributed by atoms with Crippen LogP contribution < -0.4 is 5.32 Å². The number of carbonyl (C=O) groups excluding carboxylic acids is 1. The van der Waals surface area contributed by atoms with E-state index < -0.39 is 10.0 Å². The van der Waals surface area contributed by atoms with Gasteiger partial charge in [0.05, 0.1) is 4.90 Å². The van der Waals surface area contributed by atoms with Crippen molar-refractivity contribution in [2.45, 2.75) is 38.1 Å². The van der Waals surface area contributed by atoms with E-state index in [0.717, 1.165) is 23.4 Å². The summed E-state index contributed by atoms with van der Waals surface area (Å²) in [5, 5.41) is 2.95. The van der Waals surface area contributed by atoms with E-state index in [1.165, 1.54) is 5.56 Å². The van der Waals surface area contributed by atoms with Gasteiger partial charge in [0.1, 0.15) is 0 Å². The predicted octanol–water partition coefficient (Wildman–Crippen LogP) is 4.88. The third-order valence-corrected chi connectivity index (χ3v) is 8.36. The highest BCUT2D eigenvalue weighted by Crippen LogP contribution is 2.20. The Morgan fingerprint density at radius 1 is 0.857 bits per heavy atom. The SMILES string of the molecule is Cc1ccc(S(=O)(=O)N2CCN(Cc3ccc(C(=O)Nc4ccc(C(C)C)cc4)cc3)CC2)cc1. The fourth-order valence-electron chi connectivity index (χ4n) is 4.16. The molecular weight excluding hydrogens is 458 g/mol. The molecule has 1 N–H and O–H groups in total. The number of rotatable bonds is 7. The normalized spacial score (nSPS) is 15.3. The number of sulfonamides is 1. The van der Waals surface area contributed by atoms with Gasteiger partial charge in [-0.15, -0.1) is 0 Å². The van der Waals surface area contributed by atoms with Gasteiger partial charge in [-0.2, -0.15) is 4.31 Å². The Balaban J connectivity index is 1.30. The van der Waals surface area contributed by atoms with Crippen LogP contribution in [0, 0.1) is 6.92 Å². The number of aryl methyl sites for hydroxylation is 1. The Bertz CT molecular complexity index is 1240. The van der Waals surface area contributed by atoms with E-state index in [9.17, 15) is 13.2 Å². The molecule has 0 unspecified atom stereocenters. The second kappa shape index (κ2) is 10.7. The van der Waals surface area contributed by atoms with Gasteiger partial charge < -0.3 is 5.32 Å². The minimum absolute atomic E-state index is 0.135. The molecule has 0 aromatic heterocycles. The van der Waals surface area contributed by atoms with Gasteiger partial charge in [-0.3, -0.25) is 9.69 Å². The van der Waals surface area contributed by atoms with Crippen LogP contribution in [0.1, 0.15) is 46.8 Å². The first-order valence-electron chi connectivity index (χ1n) is 12.0. The molecule has 1 heterocycles. The van der Waals surface area contributed by atoms with E-state index >= 15 is 0 Å². The van der Waals surface area contributed by atoms with E-state index in [1.54, 1.807) is 16.4 Å². The largest absolute Gasteiger partial charge is 0.322 e. The molecule has 0 radical (unpaired) electrons. The molecule has 3 aromatic rings. The number of amides is 1. The third-order valence-electron chi connectivity index (χ3n) is 6.45. The van der Waals surface area contributed by atoms with Crippen molar-refractivity contribution in [1.82, 2.24) is 9.21 Å². The van der Waals surface area contributed by atoms with Crippen LogP contribution in [0.5, 0.6) is 0 Å². The standard InChI is InChI=1S/C28H33N3O3S/c1-21(2)24-10-12-26(13-11-24)29-28(32)25-8-6-23(7-9-25)20-30-16-18-31(19-17-30)35(33,34)27-14-4-22(3)5-15-27/h4-15,21H,16-20H2,1-3H3,(H,29,32). The number of piperazine rings is 1. The summed E-state index contributed by atoms with van der Waals surface area (Å²) in [6.07, 6.45) is 0. The first-order chi connectivity index (χ1) is 16.7. The average Bonchev–Trinajstić information content (AvgIpc) is 2.85. The minimum atomic E-state index is -3.46. The van der Waals surface area contributed by atoms with Gasteiger partial charge in [0, 0.05) is 44.0 Å². The highest BCUT2D eigenvalue weighted by atomic mass is 32.2. The zero-order valence-corrected chi connectivity index (χ0v) is 21.4. The molecule has 1 aliphatic rings. The summed E-state index contributed by atoms with van der Waals surface area (Å²) in [4.78, 5) is 15.2. The van der Waals surface area contributed by atoms with Crippen LogP contribution >= 0.6 is 0 Å². The van der Waals surface area contributed by atoms with E-state index in [1.807, 2.05) is 67.6 Å². The Kier molecular flexibility index (Phi) is 7.69. The van der Waals surface area contributed by atoms with Crippen LogP contribution in [-0.2, 0) is 16.6 Å². The molecule has 35 heavy (non-hydrogen) atoms. The van der Waals surface area contributed by atoms with Gasteiger partial charge in [-0.05, 0) is 60.4 Å². The summed E-state index contributed by atoms with van der Waals surface area (Å²) < 4.78 is 27.4. The first-order valence-corrected chi connectivity index (χ1v) is 13.5. The lowest BCUT2D eigenvalue weighted by Crippen LogP contribution is -2.48. The third kappa shape index (κ3) is 6.17. The summed E-state index contributed by atoms with van der Waals surface area (Å²) in [6, 6.07) is 22.6. The lowest BCUT2D eigenvalue weighted by molar-refractivity contribution is 0.102. The van der Waals surface area contributed by atoms with E-state index in [4.69, 9.17) is 0 Å². The van der Waals surface area contributed by atoms with E-state index in [2.05, 4.69) is 24.1 Å². The molecule has 0 aliphatic carbocycles. The number of carbonyl (C=O) groups is 1. The van der Waals surface area contributed by atoms with Crippen LogP contribution in [0.25, 0.3) is 0 Å². The fourth-order valence-corrected chi connectivity index (χ4v) is 5.58. The molecular formula is C28H33N3O3S. The Morgan fingerprint density at radius 2 is 1.46 bits per heavy atom. The average molecular weight is 492 g/mol. The molecule has 3 aromatic carbocycles. The number of nitrogens with zero attached hydrogens (tertiary/aromatic N) is 2. The molecule has 4 rings (SSSR count). The van der Waals surface area contributed by atoms with Crippen molar-refractivity contribution in [3.05, 3.63) is 95.1 Å². The quantitative estimate of drug-likeness (QED) is 0.512. The smallest absolute Gasteiger partial charge is 0.255 e. The summed E-state index contributed by atoms with van der Waals surface area (Å²) in [7, 11) is -3.46. The zero-order valence-electron chi connectivity index (χ0n) is 20.6. The van der Waals surface area contributed by atoms with Gasteiger partial charge in [0.2, 0.25) is 10.0 Å². The Labute approximate surface area is 208 Å². The molecule has 0 atom stereocenters. The molecule has 1 fully saturated rings. The maximum absolute atomic E-state index is 12.9. The van der Waals surface area contributed by atoms with Crippen molar-refractivity contribution in [3.63, 3.8) is 0 Å². The summed E-state index contributed by atoms with van der Waals surface area (Å²) in [5.41, 5.74) is 4.76. The van der Waals surface area contributed by atoms with Crippen LogP contribution in [0.2, 0.25) is 0 Å². The first kappa shape index (κ1) is 25.1. The van der Waals surface area contributed by atoms with Crippen molar-refractivity contribution >= 4 is 21.6 Å². The molecule has 0 spiro atoms. The topological polar surface area (TPSA) is 69.7 Å².